The molecule has 2 aliphatic heterocycles. The first-order valence-corrected chi connectivity index (χ1v) is 8.80. The number of hydrogen-bond acceptors (Lipinski definition) is 5. The van der Waals surface area contributed by atoms with Crippen LogP contribution in [0.2, 0.25) is 0 Å². The van der Waals surface area contributed by atoms with Gasteiger partial charge in [-0.25, -0.2) is 8.78 Å². The summed E-state index contributed by atoms with van der Waals surface area (Å²) in [6.45, 7) is 2.75. The predicted octanol–water partition coefficient (Wildman–Crippen LogP) is 2.96. The molecule has 0 saturated carbocycles. The van der Waals surface area contributed by atoms with E-state index in [4.69, 9.17) is 9.47 Å². The van der Waals surface area contributed by atoms with E-state index in [2.05, 4.69) is 15.2 Å². The van der Waals surface area contributed by atoms with Crippen molar-refractivity contribution in [2.75, 3.05) is 36.5 Å². The van der Waals surface area contributed by atoms with Crippen LogP contribution in [-0.2, 0) is 9.47 Å². The molecule has 2 aliphatic rings. The first-order valence-electron chi connectivity index (χ1n) is 8.80. The van der Waals surface area contributed by atoms with E-state index < -0.39 is 23.3 Å². The number of aromatic nitrogens is 1. The number of rotatable bonds is 3. The minimum absolute atomic E-state index is 0.168. The predicted molar refractivity (Wildman–Crippen MR) is 94.6 cm³/mol. The lowest BCUT2D eigenvalue weighted by atomic mass is 10.0. The SMILES string of the molecule is O=C(Nc1ccc(F)c(F)c1)c1cc(N2CCC3(CC2)OCCO3)ccn1. The number of nitrogens with one attached hydrogen (secondary N) is 1. The second-order valence-corrected chi connectivity index (χ2v) is 6.58. The standard InChI is InChI=1S/C19H19F2N3O3/c20-15-2-1-13(11-16(15)21)23-18(25)17-12-14(3-6-22-17)24-7-4-19(5-8-24)26-9-10-27-19/h1-3,6,11-12H,4-5,7-10H2,(H,23,25). The van der Waals surface area contributed by atoms with Crippen LogP contribution < -0.4 is 10.2 Å². The minimum atomic E-state index is -1.02. The number of pyridine rings is 1. The summed E-state index contributed by atoms with van der Waals surface area (Å²) in [5.74, 6) is -2.94. The van der Waals surface area contributed by atoms with Gasteiger partial charge in [0.25, 0.3) is 5.91 Å². The van der Waals surface area contributed by atoms with Gasteiger partial charge in [0.05, 0.1) is 13.2 Å². The molecule has 0 unspecified atom stereocenters. The molecule has 2 fully saturated rings. The highest BCUT2D eigenvalue weighted by molar-refractivity contribution is 6.03. The summed E-state index contributed by atoms with van der Waals surface area (Å²) in [6.07, 6.45) is 3.07. The number of ether oxygens (including phenoxy) is 2. The molecule has 2 aromatic rings. The molecule has 0 radical (unpaired) electrons. The summed E-state index contributed by atoms with van der Waals surface area (Å²) >= 11 is 0. The number of nitrogens with zero attached hydrogens (tertiary/aromatic N) is 2. The summed E-state index contributed by atoms with van der Waals surface area (Å²) in [6, 6.07) is 6.71. The van der Waals surface area contributed by atoms with Gasteiger partial charge in [-0.15, -0.1) is 0 Å². The van der Waals surface area contributed by atoms with Crippen LogP contribution >= 0.6 is 0 Å². The van der Waals surface area contributed by atoms with Crippen LogP contribution in [-0.4, -0.2) is 43.0 Å². The van der Waals surface area contributed by atoms with E-state index in [1.165, 1.54) is 6.07 Å². The Kier molecular flexibility index (Phi) is 4.75. The zero-order valence-electron chi connectivity index (χ0n) is 14.6. The average Bonchev–Trinajstić information content (AvgIpc) is 3.13. The van der Waals surface area contributed by atoms with Gasteiger partial charge in [-0.05, 0) is 24.3 Å². The quantitative estimate of drug-likeness (QED) is 0.894. The Labute approximate surface area is 155 Å². The summed E-state index contributed by atoms with van der Waals surface area (Å²) < 4.78 is 37.8. The molecule has 1 aromatic heterocycles. The van der Waals surface area contributed by atoms with Crippen molar-refractivity contribution in [2.45, 2.75) is 18.6 Å². The fourth-order valence-electron chi connectivity index (χ4n) is 3.40. The van der Waals surface area contributed by atoms with Crippen LogP contribution in [0.5, 0.6) is 0 Å². The monoisotopic (exact) mass is 375 g/mol. The summed E-state index contributed by atoms with van der Waals surface area (Å²) in [7, 11) is 0. The molecule has 142 valence electrons. The Morgan fingerprint density at radius 2 is 1.81 bits per heavy atom. The van der Waals surface area contributed by atoms with Crippen molar-refractivity contribution in [3.8, 4) is 0 Å². The highest BCUT2D eigenvalue weighted by Gasteiger charge is 2.39. The maximum atomic E-state index is 13.3. The fourth-order valence-corrected chi connectivity index (χ4v) is 3.40. The molecule has 4 rings (SSSR count). The number of carbonyl (C=O) groups is 1. The fraction of sp³-hybridized carbons (Fsp3) is 0.368. The maximum absolute atomic E-state index is 13.3. The van der Waals surface area contributed by atoms with Crippen LogP contribution in [0.25, 0.3) is 0 Å². The number of anilines is 2. The van der Waals surface area contributed by atoms with E-state index in [0.717, 1.165) is 43.8 Å². The molecule has 3 heterocycles. The van der Waals surface area contributed by atoms with E-state index in [0.29, 0.717) is 13.2 Å². The molecule has 8 heteroatoms. The molecule has 2 saturated heterocycles. The number of hydrogen-bond donors (Lipinski definition) is 1. The lowest BCUT2D eigenvalue weighted by molar-refractivity contribution is -0.169. The number of carbonyl (C=O) groups excluding carboxylic acids is 1. The van der Waals surface area contributed by atoms with Crippen molar-refractivity contribution in [1.29, 1.82) is 0 Å². The van der Waals surface area contributed by atoms with Gasteiger partial charge >= 0.3 is 0 Å². The highest BCUT2D eigenvalue weighted by Crippen LogP contribution is 2.33. The van der Waals surface area contributed by atoms with Crippen LogP contribution in [0, 0.1) is 11.6 Å². The van der Waals surface area contributed by atoms with Crippen LogP contribution in [0.1, 0.15) is 23.3 Å². The molecule has 1 N–H and O–H groups in total. The first-order chi connectivity index (χ1) is 13.0. The molecular formula is C19H19F2N3O3. The van der Waals surface area contributed by atoms with Gasteiger partial charge in [-0.3, -0.25) is 9.78 Å². The van der Waals surface area contributed by atoms with Crippen molar-refractivity contribution in [3.05, 3.63) is 53.9 Å². The van der Waals surface area contributed by atoms with E-state index in [1.54, 1.807) is 12.3 Å². The van der Waals surface area contributed by atoms with Crippen LogP contribution in [0.4, 0.5) is 20.2 Å². The molecule has 1 spiro atoms. The topological polar surface area (TPSA) is 63.7 Å². The zero-order chi connectivity index (χ0) is 18.9. The van der Waals surface area contributed by atoms with E-state index in [9.17, 15) is 13.6 Å². The van der Waals surface area contributed by atoms with E-state index >= 15 is 0 Å². The molecule has 0 bridgehead atoms. The van der Waals surface area contributed by atoms with Crippen LogP contribution in [0.3, 0.4) is 0 Å². The third-order valence-electron chi connectivity index (χ3n) is 4.86. The van der Waals surface area contributed by atoms with Crippen molar-refractivity contribution in [2.24, 2.45) is 0 Å². The Hall–Kier alpha value is -2.58. The molecular weight excluding hydrogens is 356 g/mol. The summed E-state index contributed by atoms with van der Waals surface area (Å²) in [5, 5.41) is 2.53. The molecule has 6 nitrogen and oxygen atoms in total. The first kappa shape index (κ1) is 17.8. The van der Waals surface area contributed by atoms with Crippen molar-refractivity contribution >= 4 is 17.3 Å². The van der Waals surface area contributed by atoms with Crippen molar-refractivity contribution in [3.63, 3.8) is 0 Å². The van der Waals surface area contributed by atoms with Crippen molar-refractivity contribution in [1.82, 2.24) is 4.98 Å². The second-order valence-electron chi connectivity index (χ2n) is 6.58. The van der Waals surface area contributed by atoms with Gasteiger partial charge in [-0.1, -0.05) is 0 Å². The third kappa shape index (κ3) is 3.77. The van der Waals surface area contributed by atoms with E-state index in [-0.39, 0.29) is 11.4 Å². The van der Waals surface area contributed by atoms with Crippen molar-refractivity contribution < 1.29 is 23.0 Å². The largest absolute Gasteiger partial charge is 0.371 e. The number of benzene rings is 1. The van der Waals surface area contributed by atoms with Gasteiger partial charge in [0.15, 0.2) is 17.4 Å². The number of halogens is 2. The van der Waals surface area contributed by atoms with Gasteiger partial charge < -0.3 is 19.7 Å². The Morgan fingerprint density at radius 1 is 1.07 bits per heavy atom. The summed E-state index contributed by atoms with van der Waals surface area (Å²) in [5.41, 5.74) is 1.24. The zero-order valence-corrected chi connectivity index (χ0v) is 14.6. The van der Waals surface area contributed by atoms with E-state index in [1.807, 2.05) is 6.07 Å². The molecule has 0 atom stereocenters. The highest BCUT2D eigenvalue weighted by atomic mass is 19.2. The van der Waals surface area contributed by atoms with Gasteiger partial charge in [0, 0.05) is 49.6 Å². The number of amides is 1. The van der Waals surface area contributed by atoms with Gasteiger partial charge in [0.2, 0.25) is 0 Å². The lowest BCUT2D eigenvalue weighted by Gasteiger charge is -2.38. The Bertz CT molecular complexity index is 846. The number of piperidine rings is 1. The second kappa shape index (κ2) is 7.21. The average molecular weight is 375 g/mol. The van der Waals surface area contributed by atoms with Crippen LogP contribution in [0.15, 0.2) is 36.5 Å². The summed E-state index contributed by atoms with van der Waals surface area (Å²) in [4.78, 5) is 18.6. The lowest BCUT2D eigenvalue weighted by Crippen LogP contribution is -2.45. The van der Waals surface area contributed by atoms with Gasteiger partial charge in [-0.2, -0.15) is 0 Å². The Morgan fingerprint density at radius 3 is 2.52 bits per heavy atom. The molecule has 0 aliphatic carbocycles. The molecule has 1 aromatic carbocycles. The van der Waals surface area contributed by atoms with Gasteiger partial charge in [0.1, 0.15) is 5.69 Å². The Balaban J connectivity index is 1.44. The molecule has 27 heavy (non-hydrogen) atoms. The smallest absolute Gasteiger partial charge is 0.274 e. The third-order valence-corrected chi connectivity index (χ3v) is 4.86. The molecule has 1 amide bonds. The maximum Gasteiger partial charge on any atom is 0.274 e. The minimum Gasteiger partial charge on any atom is -0.371 e. The normalized spacial score (nSPS) is 18.7.